The molecular weight excluding hydrogens is 449 g/mol. The average Bonchev–Trinajstić information content (AvgIpc) is 3.34. The number of rotatable bonds is 7. The van der Waals surface area contributed by atoms with Crippen LogP contribution in [0.3, 0.4) is 0 Å². The van der Waals surface area contributed by atoms with E-state index < -0.39 is 0 Å². The summed E-state index contributed by atoms with van der Waals surface area (Å²) in [6.45, 7) is 6.63. The second-order valence-corrected chi connectivity index (χ2v) is 7.94. The summed E-state index contributed by atoms with van der Waals surface area (Å²) in [5.41, 5.74) is 2.22. The molecule has 10 heteroatoms. The van der Waals surface area contributed by atoms with E-state index in [4.69, 9.17) is 4.74 Å². The van der Waals surface area contributed by atoms with Gasteiger partial charge in [0.2, 0.25) is 17.7 Å². The van der Waals surface area contributed by atoms with Crippen LogP contribution in [0.4, 0.5) is 27.4 Å². The van der Waals surface area contributed by atoms with Crippen molar-refractivity contribution in [1.29, 1.82) is 0 Å². The highest BCUT2D eigenvalue weighted by atomic mass is 19.1. The molecule has 0 bridgehead atoms. The smallest absolute Gasteiger partial charge is 0.247 e. The Labute approximate surface area is 201 Å². The summed E-state index contributed by atoms with van der Waals surface area (Å²) in [6, 6.07) is 13.7. The third-order valence-electron chi connectivity index (χ3n) is 5.54. The molecule has 0 atom stereocenters. The van der Waals surface area contributed by atoms with Gasteiger partial charge in [0.25, 0.3) is 0 Å². The first-order chi connectivity index (χ1) is 17.1. The molecule has 0 saturated carbocycles. The number of fused-ring (bicyclic) bond motifs is 1. The van der Waals surface area contributed by atoms with Crippen molar-refractivity contribution in [2.45, 2.75) is 0 Å². The Morgan fingerprint density at radius 1 is 1.11 bits per heavy atom. The lowest BCUT2D eigenvalue weighted by molar-refractivity contribution is -0.111. The van der Waals surface area contributed by atoms with E-state index in [0.717, 1.165) is 26.2 Å². The summed E-state index contributed by atoms with van der Waals surface area (Å²) in [4.78, 5) is 25.7. The number of anilines is 4. The van der Waals surface area contributed by atoms with E-state index in [1.807, 2.05) is 4.90 Å². The molecule has 3 heterocycles. The van der Waals surface area contributed by atoms with E-state index in [1.165, 1.54) is 12.1 Å². The molecule has 1 aliphatic rings. The quantitative estimate of drug-likeness (QED) is 0.299. The Morgan fingerprint density at radius 3 is 2.77 bits per heavy atom. The first-order valence-corrected chi connectivity index (χ1v) is 11.2. The van der Waals surface area contributed by atoms with Crippen molar-refractivity contribution in [3.63, 3.8) is 0 Å². The van der Waals surface area contributed by atoms with Gasteiger partial charge in [-0.1, -0.05) is 12.6 Å². The Morgan fingerprint density at radius 2 is 1.97 bits per heavy atom. The number of benzene rings is 2. The largest absolute Gasteiger partial charge is 0.438 e. The van der Waals surface area contributed by atoms with Crippen molar-refractivity contribution >= 4 is 40.0 Å². The molecule has 178 valence electrons. The van der Waals surface area contributed by atoms with Crippen molar-refractivity contribution in [1.82, 2.24) is 20.3 Å². The van der Waals surface area contributed by atoms with Crippen molar-refractivity contribution in [3.05, 3.63) is 73.2 Å². The zero-order valence-electron chi connectivity index (χ0n) is 18.8. The average molecular weight is 474 g/mol. The molecule has 1 saturated heterocycles. The third kappa shape index (κ3) is 5.07. The molecule has 2 aromatic heterocycles. The molecule has 1 aliphatic heterocycles. The van der Waals surface area contributed by atoms with E-state index in [9.17, 15) is 9.18 Å². The van der Waals surface area contributed by atoms with Crippen molar-refractivity contribution < 1.29 is 13.9 Å². The monoisotopic (exact) mass is 473 g/mol. The first kappa shape index (κ1) is 22.4. The number of carbonyl (C=O) groups is 1. The number of hydrogen-bond donors (Lipinski definition) is 4. The Balaban J connectivity index is 1.39. The predicted molar refractivity (Wildman–Crippen MR) is 134 cm³/mol. The Kier molecular flexibility index (Phi) is 6.27. The summed E-state index contributed by atoms with van der Waals surface area (Å²) in [6.07, 6.45) is 2.93. The molecule has 1 fully saturated rings. The molecule has 4 N–H and O–H groups in total. The van der Waals surface area contributed by atoms with Crippen LogP contribution in [0.5, 0.6) is 11.6 Å². The standard InChI is InChI=1S/C25H24FN7O2/c1-2-22(34)29-16-4-3-5-18(14-16)35-24-19-8-9-28-23(19)31-25(32-24)30-17-6-7-21(20(26)15-17)33-12-10-27-11-13-33/h2-9,14-15,27H,1,10-13H2,(H,29,34)(H2,28,30,31,32). The number of carbonyl (C=O) groups excluding carboxylic acids is 1. The van der Waals surface area contributed by atoms with Gasteiger partial charge in [0.05, 0.1) is 11.1 Å². The third-order valence-corrected chi connectivity index (χ3v) is 5.54. The lowest BCUT2D eigenvalue weighted by Gasteiger charge is -2.29. The van der Waals surface area contributed by atoms with Crippen LogP contribution in [0.2, 0.25) is 0 Å². The van der Waals surface area contributed by atoms with Crippen LogP contribution in [-0.4, -0.2) is 47.0 Å². The first-order valence-electron chi connectivity index (χ1n) is 11.2. The van der Waals surface area contributed by atoms with Crippen LogP contribution in [0, 0.1) is 5.82 Å². The SMILES string of the molecule is C=CC(=O)Nc1cccc(Oc2nc(Nc3ccc(N4CCNCC4)c(F)c3)nc3[nH]ccc23)c1. The number of aromatic nitrogens is 3. The Bertz CT molecular complexity index is 1380. The maximum Gasteiger partial charge on any atom is 0.247 e. The molecule has 5 rings (SSSR count). The molecule has 0 radical (unpaired) electrons. The van der Waals surface area contributed by atoms with Gasteiger partial charge in [-0.15, -0.1) is 0 Å². The van der Waals surface area contributed by atoms with Gasteiger partial charge in [0.15, 0.2) is 0 Å². The summed E-state index contributed by atoms with van der Waals surface area (Å²) in [5.74, 6) is 0.404. The van der Waals surface area contributed by atoms with E-state index in [2.05, 4.69) is 37.5 Å². The number of amides is 1. The number of H-pyrrole nitrogens is 1. The van der Waals surface area contributed by atoms with E-state index >= 15 is 0 Å². The van der Waals surface area contributed by atoms with Gasteiger partial charge in [-0.2, -0.15) is 9.97 Å². The molecule has 0 spiro atoms. The molecule has 1 amide bonds. The van der Waals surface area contributed by atoms with Crippen LogP contribution in [0.15, 0.2) is 67.4 Å². The molecule has 0 unspecified atom stereocenters. The van der Waals surface area contributed by atoms with Crippen molar-refractivity contribution in [2.75, 3.05) is 41.7 Å². The van der Waals surface area contributed by atoms with E-state index in [-0.39, 0.29) is 17.7 Å². The van der Waals surface area contributed by atoms with E-state index in [1.54, 1.807) is 48.7 Å². The lowest BCUT2D eigenvalue weighted by atomic mass is 10.2. The fourth-order valence-electron chi connectivity index (χ4n) is 3.86. The minimum Gasteiger partial charge on any atom is -0.438 e. The second kappa shape index (κ2) is 9.82. The van der Waals surface area contributed by atoms with Gasteiger partial charge in [-0.25, -0.2) is 4.39 Å². The van der Waals surface area contributed by atoms with Gasteiger partial charge in [-0.3, -0.25) is 4.79 Å². The van der Waals surface area contributed by atoms with Crippen LogP contribution in [0.1, 0.15) is 0 Å². The summed E-state index contributed by atoms with van der Waals surface area (Å²) >= 11 is 0. The molecule has 4 aromatic rings. The fraction of sp³-hybridized carbons (Fsp3) is 0.160. The maximum absolute atomic E-state index is 14.9. The minimum absolute atomic E-state index is 0.250. The highest BCUT2D eigenvalue weighted by molar-refractivity contribution is 5.99. The molecule has 9 nitrogen and oxygen atoms in total. The topological polar surface area (TPSA) is 107 Å². The fourth-order valence-corrected chi connectivity index (χ4v) is 3.86. The van der Waals surface area contributed by atoms with Crippen LogP contribution >= 0.6 is 0 Å². The van der Waals surface area contributed by atoms with Crippen molar-refractivity contribution in [3.8, 4) is 11.6 Å². The van der Waals surface area contributed by atoms with Gasteiger partial charge >= 0.3 is 0 Å². The van der Waals surface area contributed by atoms with E-state index in [0.29, 0.717) is 39.7 Å². The molecule has 0 aliphatic carbocycles. The number of nitrogens with zero attached hydrogens (tertiary/aromatic N) is 3. The predicted octanol–water partition coefficient (Wildman–Crippen LogP) is 4.17. The number of piperazine rings is 1. The lowest BCUT2D eigenvalue weighted by Crippen LogP contribution is -2.43. The van der Waals surface area contributed by atoms with Gasteiger partial charge < -0.3 is 30.6 Å². The second-order valence-electron chi connectivity index (χ2n) is 7.94. The summed E-state index contributed by atoms with van der Waals surface area (Å²) in [5, 5.41) is 9.71. The van der Waals surface area contributed by atoms with Crippen LogP contribution in [-0.2, 0) is 4.79 Å². The van der Waals surface area contributed by atoms with Gasteiger partial charge in [-0.05, 0) is 42.5 Å². The number of aromatic amines is 1. The number of nitrogens with one attached hydrogen (secondary N) is 4. The van der Waals surface area contributed by atoms with Crippen LogP contribution in [0.25, 0.3) is 11.0 Å². The Hall–Kier alpha value is -4.44. The number of hydrogen-bond acceptors (Lipinski definition) is 7. The van der Waals surface area contributed by atoms with Crippen LogP contribution < -0.4 is 25.6 Å². The highest BCUT2D eigenvalue weighted by Crippen LogP contribution is 2.31. The maximum atomic E-state index is 14.9. The normalized spacial score (nSPS) is 13.5. The number of ether oxygens (including phenoxy) is 1. The highest BCUT2D eigenvalue weighted by Gasteiger charge is 2.16. The zero-order chi connectivity index (χ0) is 24.2. The van der Waals surface area contributed by atoms with Gasteiger partial charge in [0, 0.05) is 49.8 Å². The molecule has 35 heavy (non-hydrogen) atoms. The summed E-state index contributed by atoms with van der Waals surface area (Å²) in [7, 11) is 0. The minimum atomic E-state index is -0.320. The molecular formula is C25H24FN7O2. The van der Waals surface area contributed by atoms with Gasteiger partial charge in [0.1, 0.15) is 17.2 Å². The zero-order valence-corrected chi connectivity index (χ0v) is 18.8. The molecule has 2 aromatic carbocycles. The summed E-state index contributed by atoms with van der Waals surface area (Å²) < 4.78 is 20.9. The number of halogens is 1. The van der Waals surface area contributed by atoms with Crippen molar-refractivity contribution in [2.24, 2.45) is 0 Å².